The Labute approximate surface area is 174 Å². The van der Waals surface area contributed by atoms with Gasteiger partial charge in [0.2, 0.25) is 0 Å². The molecule has 30 heavy (non-hydrogen) atoms. The number of phosphoric ester groups is 1. The van der Waals surface area contributed by atoms with E-state index in [9.17, 15) is 14.6 Å². The molecular formula is C18H28N5O6P. The Balaban J connectivity index is 1.67. The van der Waals surface area contributed by atoms with Gasteiger partial charge in [0, 0.05) is 13.1 Å². The van der Waals surface area contributed by atoms with Gasteiger partial charge in [0.25, 0.3) is 0 Å². The van der Waals surface area contributed by atoms with Crippen molar-refractivity contribution in [2.45, 2.75) is 52.2 Å². The summed E-state index contributed by atoms with van der Waals surface area (Å²) in [6, 6.07) is 0. The van der Waals surface area contributed by atoms with Gasteiger partial charge in [0.05, 0.1) is 12.9 Å². The summed E-state index contributed by atoms with van der Waals surface area (Å²) >= 11 is 0. The number of hydrogen-bond donors (Lipinski definition) is 2. The van der Waals surface area contributed by atoms with Crippen LogP contribution >= 0.6 is 7.82 Å². The fourth-order valence-corrected chi connectivity index (χ4v) is 4.92. The number of aliphatic hydroxyl groups excluding tert-OH is 1. The SMILES string of the molecule is CC(C)CN(CC(C)C)c1ncnc2c1ncn2[C@@H]1O[C@@H]2COP(=O)(O)O[C@H]2[C@H]1O. The van der Waals surface area contributed by atoms with Crippen molar-refractivity contribution < 1.29 is 28.3 Å². The van der Waals surface area contributed by atoms with Crippen molar-refractivity contribution in [3.63, 3.8) is 0 Å². The smallest absolute Gasteiger partial charge is 0.386 e. The van der Waals surface area contributed by atoms with Crippen LogP contribution in [0.1, 0.15) is 33.9 Å². The summed E-state index contributed by atoms with van der Waals surface area (Å²) in [6.45, 7) is 10.1. The third-order valence-electron chi connectivity index (χ3n) is 5.05. The zero-order valence-electron chi connectivity index (χ0n) is 17.5. The van der Waals surface area contributed by atoms with E-state index < -0.39 is 32.4 Å². The van der Waals surface area contributed by atoms with Gasteiger partial charge in [-0.25, -0.2) is 19.5 Å². The van der Waals surface area contributed by atoms with Crippen molar-refractivity contribution in [2.24, 2.45) is 11.8 Å². The number of aliphatic hydroxyl groups is 1. The van der Waals surface area contributed by atoms with E-state index in [0.29, 0.717) is 23.0 Å². The molecule has 2 aromatic heterocycles. The summed E-state index contributed by atoms with van der Waals surface area (Å²) in [5.74, 6) is 1.60. The van der Waals surface area contributed by atoms with Gasteiger partial charge in [-0.3, -0.25) is 13.6 Å². The molecule has 4 rings (SSSR count). The molecule has 2 N–H and O–H groups in total. The van der Waals surface area contributed by atoms with Gasteiger partial charge in [-0.15, -0.1) is 0 Å². The average molecular weight is 441 g/mol. The maximum Gasteiger partial charge on any atom is 0.472 e. The molecule has 0 saturated carbocycles. The van der Waals surface area contributed by atoms with Crippen molar-refractivity contribution in [1.82, 2.24) is 19.5 Å². The molecule has 166 valence electrons. The predicted molar refractivity (Wildman–Crippen MR) is 108 cm³/mol. The Hall–Kier alpha value is -1.62. The molecule has 2 aliphatic rings. The van der Waals surface area contributed by atoms with Crippen LogP contribution in [-0.4, -0.2) is 67.5 Å². The fraction of sp³-hybridized carbons (Fsp3) is 0.722. The first-order valence-corrected chi connectivity index (χ1v) is 11.6. The highest BCUT2D eigenvalue weighted by molar-refractivity contribution is 7.47. The van der Waals surface area contributed by atoms with E-state index >= 15 is 0 Å². The molecule has 0 aliphatic carbocycles. The molecule has 0 radical (unpaired) electrons. The van der Waals surface area contributed by atoms with E-state index in [0.717, 1.165) is 18.9 Å². The Morgan fingerprint density at radius 2 is 1.93 bits per heavy atom. The maximum absolute atomic E-state index is 11.7. The molecule has 2 aliphatic heterocycles. The lowest BCUT2D eigenvalue weighted by Crippen LogP contribution is -2.39. The number of rotatable bonds is 6. The highest BCUT2D eigenvalue weighted by Crippen LogP contribution is 2.52. The quantitative estimate of drug-likeness (QED) is 0.639. The second-order valence-electron chi connectivity index (χ2n) is 8.60. The van der Waals surface area contributed by atoms with E-state index in [2.05, 4.69) is 47.5 Å². The van der Waals surface area contributed by atoms with Crippen LogP contribution in [0.2, 0.25) is 0 Å². The molecule has 0 spiro atoms. The van der Waals surface area contributed by atoms with E-state index in [-0.39, 0.29) is 6.61 Å². The predicted octanol–water partition coefficient (Wildman–Crippen LogP) is 1.72. The normalized spacial score (nSPS) is 31.6. The summed E-state index contributed by atoms with van der Waals surface area (Å²) in [7, 11) is -4.19. The number of imidazole rings is 1. The second-order valence-corrected chi connectivity index (χ2v) is 10.0. The average Bonchev–Trinajstić information content (AvgIpc) is 3.21. The van der Waals surface area contributed by atoms with Crippen LogP contribution in [0, 0.1) is 11.8 Å². The van der Waals surface area contributed by atoms with Gasteiger partial charge < -0.3 is 19.6 Å². The van der Waals surface area contributed by atoms with Gasteiger partial charge in [0.15, 0.2) is 23.2 Å². The van der Waals surface area contributed by atoms with Crippen LogP contribution in [0.3, 0.4) is 0 Å². The van der Waals surface area contributed by atoms with E-state index in [1.165, 1.54) is 12.7 Å². The van der Waals surface area contributed by atoms with Crippen molar-refractivity contribution in [1.29, 1.82) is 0 Å². The molecule has 0 bridgehead atoms. The molecule has 5 atom stereocenters. The molecule has 2 saturated heterocycles. The third-order valence-corrected chi connectivity index (χ3v) is 6.04. The number of anilines is 1. The first-order chi connectivity index (χ1) is 14.2. The minimum Gasteiger partial charge on any atom is -0.386 e. The zero-order chi connectivity index (χ0) is 21.6. The summed E-state index contributed by atoms with van der Waals surface area (Å²) in [5.41, 5.74) is 1.11. The Morgan fingerprint density at radius 1 is 1.23 bits per heavy atom. The van der Waals surface area contributed by atoms with Crippen LogP contribution in [0.25, 0.3) is 11.2 Å². The van der Waals surface area contributed by atoms with Crippen LogP contribution < -0.4 is 4.90 Å². The number of aromatic nitrogens is 4. The monoisotopic (exact) mass is 441 g/mol. The summed E-state index contributed by atoms with van der Waals surface area (Å²) in [4.78, 5) is 25.1. The van der Waals surface area contributed by atoms with Gasteiger partial charge in [-0.2, -0.15) is 0 Å². The molecule has 0 amide bonds. The number of fused-ring (bicyclic) bond motifs is 2. The molecule has 11 nitrogen and oxygen atoms in total. The summed E-state index contributed by atoms with van der Waals surface area (Å²) < 4.78 is 29.0. The highest BCUT2D eigenvalue weighted by atomic mass is 31.2. The third kappa shape index (κ3) is 4.10. The van der Waals surface area contributed by atoms with E-state index in [1.54, 1.807) is 4.57 Å². The van der Waals surface area contributed by atoms with Crippen LogP contribution in [0.4, 0.5) is 5.82 Å². The van der Waals surface area contributed by atoms with Crippen LogP contribution in [0.15, 0.2) is 12.7 Å². The lowest BCUT2D eigenvalue weighted by Gasteiger charge is -2.28. The van der Waals surface area contributed by atoms with Gasteiger partial charge >= 0.3 is 7.82 Å². The van der Waals surface area contributed by atoms with Crippen LogP contribution in [0.5, 0.6) is 0 Å². The summed E-state index contributed by atoms with van der Waals surface area (Å²) in [5, 5.41) is 10.7. The fourth-order valence-electron chi connectivity index (χ4n) is 3.95. The molecule has 4 heterocycles. The Kier molecular flexibility index (Phi) is 5.86. The van der Waals surface area contributed by atoms with Gasteiger partial charge in [-0.1, -0.05) is 27.7 Å². The lowest BCUT2D eigenvalue weighted by atomic mass is 10.1. The lowest BCUT2D eigenvalue weighted by molar-refractivity contribution is -0.0664. The van der Waals surface area contributed by atoms with Crippen molar-refractivity contribution >= 4 is 24.8 Å². The topological polar surface area (TPSA) is 132 Å². The highest BCUT2D eigenvalue weighted by Gasteiger charge is 2.52. The number of hydrogen-bond acceptors (Lipinski definition) is 9. The number of ether oxygens (including phenoxy) is 1. The maximum atomic E-state index is 11.7. The Bertz CT molecular complexity index is 942. The minimum atomic E-state index is -4.19. The molecular weight excluding hydrogens is 413 g/mol. The van der Waals surface area contributed by atoms with Gasteiger partial charge in [0.1, 0.15) is 24.6 Å². The van der Waals surface area contributed by atoms with Crippen LogP contribution in [-0.2, 0) is 18.3 Å². The first-order valence-electron chi connectivity index (χ1n) is 10.1. The molecule has 0 aromatic carbocycles. The molecule has 2 aromatic rings. The number of nitrogens with zero attached hydrogens (tertiary/aromatic N) is 5. The molecule has 2 fully saturated rings. The molecule has 1 unspecified atom stereocenters. The van der Waals surface area contributed by atoms with Gasteiger partial charge in [-0.05, 0) is 11.8 Å². The largest absolute Gasteiger partial charge is 0.472 e. The standard InChI is InChI=1S/C18H28N5O6P/c1-10(2)5-22(6-11(3)4)16-13-17(20-8-19-16)23(9-21-13)18-14(24)15-12(28-18)7-27-30(25,26)29-15/h8-12,14-15,18,24H,5-7H2,1-4H3,(H,25,26)/t12-,14-,15-,18-/m1/s1. The van der Waals surface area contributed by atoms with E-state index in [1.807, 2.05) is 0 Å². The zero-order valence-corrected chi connectivity index (χ0v) is 18.3. The van der Waals surface area contributed by atoms with Crippen molar-refractivity contribution in [3.8, 4) is 0 Å². The second kappa shape index (κ2) is 8.14. The van der Waals surface area contributed by atoms with Crippen molar-refractivity contribution in [3.05, 3.63) is 12.7 Å². The first kappa shape index (κ1) is 21.6. The van der Waals surface area contributed by atoms with Crippen molar-refractivity contribution in [2.75, 3.05) is 24.6 Å². The number of phosphoric acid groups is 1. The molecule has 12 heteroatoms. The summed E-state index contributed by atoms with van der Waals surface area (Å²) in [6.07, 6.45) is -0.695. The van der Waals surface area contributed by atoms with E-state index in [4.69, 9.17) is 13.8 Å². The minimum absolute atomic E-state index is 0.143. The Morgan fingerprint density at radius 3 is 2.60 bits per heavy atom.